The molecule has 0 aliphatic heterocycles. The van der Waals surface area contributed by atoms with Crippen molar-refractivity contribution in [1.82, 2.24) is 0 Å². The van der Waals surface area contributed by atoms with Gasteiger partial charge in [-0.15, -0.1) is 0 Å². The van der Waals surface area contributed by atoms with Crippen molar-refractivity contribution in [3.63, 3.8) is 0 Å². The second kappa shape index (κ2) is 0.624. The van der Waals surface area contributed by atoms with Crippen LogP contribution in [0.15, 0.2) is 11.1 Å². The van der Waals surface area contributed by atoms with Gasteiger partial charge >= 0.3 is 0 Å². The molecule has 0 nitrogen and oxygen atoms in total. The van der Waals surface area contributed by atoms with Crippen LogP contribution in [0, 0.1) is 42.9 Å². The highest BCUT2D eigenvalue weighted by Crippen LogP contribution is 2.97. The van der Waals surface area contributed by atoms with E-state index in [-0.39, 0.29) is 7.43 Å². The molecule has 0 saturated heterocycles. The highest BCUT2D eigenvalue weighted by Gasteiger charge is 2.91. The molecule has 0 aromatic rings. The Balaban J connectivity index is 0.000000288. The van der Waals surface area contributed by atoms with Crippen LogP contribution in [0.3, 0.4) is 0 Å². The molecule has 0 aromatic carbocycles. The molecular weight excluding hydrogens is 108 g/mol. The van der Waals surface area contributed by atoms with Gasteiger partial charge in [0, 0.05) is 7.43 Å². The fraction of sp³-hybridized carbons (Fsp3) is 0.667. The Labute approximate surface area is 54.9 Å². The first-order chi connectivity index (χ1) is 4.00. The summed E-state index contributed by atoms with van der Waals surface area (Å²) in [5, 5.41) is 0. The molecule has 0 bridgehead atoms. The lowest BCUT2D eigenvalue weighted by Gasteiger charge is -2.96. The van der Waals surface area contributed by atoms with Gasteiger partial charge in [0.05, 0.1) is 0 Å². The van der Waals surface area contributed by atoms with E-state index in [9.17, 15) is 0 Å². The first-order valence-electron chi connectivity index (χ1n) is 3.74. The van der Waals surface area contributed by atoms with Crippen molar-refractivity contribution >= 4 is 0 Å². The molecule has 4 saturated carbocycles. The third-order valence-electron chi connectivity index (χ3n) is 4.65. The minimum Gasteiger partial charge on any atom is -0.0623 e. The van der Waals surface area contributed by atoms with Crippen LogP contribution in [0.25, 0.3) is 0 Å². The summed E-state index contributed by atoms with van der Waals surface area (Å²) in [5.41, 5.74) is 3.93. The topological polar surface area (TPSA) is 0 Å². The van der Waals surface area contributed by atoms with Crippen molar-refractivity contribution in [3.05, 3.63) is 18.6 Å². The fourth-order valence-corrected chi connectivity index (χ4v) is 4.46. The standard InChI is InChI=1S/C8H6.C/c1-2-5-3(1)7-4(1)6(2)8(5)7;/h1-6H;. The molecule has 0 N–H and O–H groups in total. The van der Waals surface area contributed by atoms with Crippen molar-refractivity contribution < 1.29 is 0 Å². The molecule has 9 heavy (non-hydrogen) atoms. The molecular formula is C9H6. The number of allylic oxidation sites excluding steroid dienone is 2. The summed E-state index contributed by atoms with van der Waals surface area (Å²) in [5.74, 6) is 7.40. The van der Waals surface area contributed by atoms with Crippen LogP contribution in [0.5, 0.6) is 0 Å². The molecule has 6 aliphatic carbocycles. The molecule has 6 aliphatic rings. The maximum Gasteiger partial charge on any atom is 0 e. The van der Waals surface area contributed by atoms with E-state index in [0.717, 1.165) is 0 Å². The summed E-state index contributed by atoms with van der Waals surface area (Å²) in [4.78, 5) is 0. The average molecular weight is 114 g/mol. The maximum atomic E-state index is 1.97. The van der Waals surface area contributed by atoms with Gasteiger partial charge in [0.25, 0.3) is 0 Å². The molecule has 0 heterocycles. The van der Waals surface area contributed by atoms with Gasteiger partial charge in [0.15, 0.2) is 0 Å². The second-order valence-electron chi connectivity index (χ2n) is 4.17. The molecule has 0 aromatic heterocycles. The molecule has 4 fully saturated rings. The molecule has 6 rings (SSSR count). The zero-order valence-electron chi connectivity index (χ0n) is 4.96. The van der Waals surface area contributed by atoms with Crippen LogP contribution < -0.4 is 0 Å². The van der Waals surface area contributed by atoms with E-state index in [4.69, 9.17) is 0 Å². The summed E-state index contributed by atoms with van der Waals surface area (Å²) in [6.45, 7) is 0. The highest BCUT2D eigenvalue weighted by atomic mass is 14.9. The van der Waals surface area contributed by atoms with E-state index in [0.29, 0.717) is 0 Å². The van der Waals surface area contributed by atoms with Crippen molar-refractivity contribution in [2.45, 2.75) is 0 Å². The zero-order chi connectivity index (χ0) is 4.62. The van der Waals surface area contributed by atoms with E-state index in [1.165, 1.54) is 35.5 Å². The van der Waals surface area contributed by atoms with Crippen LogP contribution >= 0.6 is 0 Å². The van der Waals surface area contributed by atoms with Gasteiger partial charge in [0.2, 0.25) is 0 Å². The molecule has 0 spiro atoms. The second-order valence-corrected chi connectivity index (χ2v) is 4.17. The molecule has 4 atom stereocenters. The summed E-state index contributed by atoms with van der Waals surface area (Å²) < 4.78 is 0. The average Bonchev–Trinajstić information content (AvgIpc) is 1.90. The lowest BCUT2D eigenvalue weighted by molar-refractivity contribution is -0.333. The summed E-state index contributed by atoms with van der Waals surface area (Å²) >= 11 is 0. The number of hydrogen-bond acceptors (Lipinski definition) is 0. The van der Waals surface area contributed by atoms with Crippen LogP contribution in [0.4, 0.5) is 0 Å². The monoisotopic (exact) mass is 114 g/mol. The Bertz CT molecular complexity index is 222. The van der Waals surface area contributed by atoms with Crippen LogP contribution in [-0.4, -0.2) is 0 Å². The van der Waals surface area contributed by atoms with E-state index < -0.39 is 0 Å². The SMILES string of the molecule is C12=C3C4C1C1C2C3C41.[C]. The summed E-state index contributed by atoms with van der Waals surface area (Å²) in [6.07, 6.45) is 0. The summed E-state index contributed by atoms with van der Waals surface area (Å²) in [6, 6.07) is 0. The molecule has 4 radical (unpaired) electrons. The van der Waals surface area contributed by atoms with Gasteiger partial charge in [-0.25, -0.2) is 0 Å². The molecule has 4 unspecified atom stereocenters. The van der Waals surface area contributed by atoms with Gasteiger partial charge in [-0.05, 0) is 35.5 Å². The molecule has 0 heteroatoms. The van der Waals surface area contributed by atoms with Gasteiger partial charge in [0.1, 0.15) is 0 Å². The van der Waals surface area contributed by atoms with E-state index in [2.05, 4.69) is 0 Å². The van der Waals surface area contributed by atoms with Gasteiger partial charge < -0.3 is 0 Å². The van der Waals surface area contributed by atoms with Crippen molar-refractivity contribution in [1.29, 1.82) is 0 Å². The van der Waals surface area contributed by atoms with E-state index >= 15 is 0 Å². The predicted molar refractivity (Wildman–Crippen MR) is 31.2 cm³/mol. The first-order valence-corrected chi connectivity index (χ1v) is 3.74. The van der Waals surface area contributed by atoms with Crippen LogP contribution in [0.2, 0.25) is 0 Å². The third kappa shape index (κ3) is 0.112. The Morgan fingerprint density at radius 1 is 0.667 bits per heavy atom. The smallest absolute Gasteiger partial charge is 0 e. The largest absolute Gasteiger partial charge is 0.0623 e. The zero-order valence-corrected chi connectivity index (χ0v) is 4.96. The fourth-order valence-electron chi connectivity index (χ4n) is 4.46. The van der Waals surface area contributed by atoms with Crippen LogP contribution in [0.1, 0.15) is 0 Å². The van der Waals surface area contributed by atoms with Crippen molar-refractivity contribution in [2.75, 3.05) is 0 Å². The van der Waals surface area contributed by atoms with E-state index in [1.807, 2.05) is 11.1 Å². The van der Waals surface area contributed by atoms with E-state index in [1.54, 1.807) is 0 Å². The Morgan fingerprint density at radius 3 is 1.11 bits per heavy atom. The Kier molecular flexibility index (Phi) is 0.263. The normalized spacial score (nSPS) is 80.0. The van der Waals surface area contributed by atoms with Crippen LogP contribution in [-0.2, 0) is 0 Å². The number of rotatable bonds is 0. The minimum absolute atomic E-state index is 0. The maximum absolute atomic E-state index is 1.97. The predicted octanol–water partition coefficient (Wildman–Crippen LogP) is 1.13. The first kappa shape index (κ1) is 3.80. The molecule has 0 amide bonds. The number of hydrogen-bond donors (Lipinski definition) is 0. The van der Waals surface area contributed by atoms with Gasteiger partial charge in [-0.3, -0.25) is 0 Å². The Hall–Kier alpha value is -0.260. The Morgan fingerprint density at radius 2 is 1.00 bits per heavy atom. The third-order valence-corrected chi connectivity index (χ3v) is 4.65. The quantitative estimate of drug-likeness (QED) is 0.414. The lowest BCUT2D eigenvalue weighted by Crippen LogP contribution is -2.90. The lowest BCUT2D eigenvalue weighted by atomic mass is 9.08. The van der Waals surface area contributed by atoms with Crippen molar-refractivity contribution in [2.24, 2.45) is 35.5 Å². The van der Waals surface area contributed by atoms with Gasteiger partial charge in [-0.1, -0.05) is 11.1 Å². The highest BCUT2D eigenvalue weighted by molar-refractivity contribution is 5.69. The molecule has 42 valence electrons. The minimum atomic E-state index is 0. The summed E-state index contributed by atoms with van der Waals surface area (Å²) in [7, 11) is 0. The van der Waals surface area contributed by atoms with Gasteiger partial charge in [-0.2, -0.15) is 0 Å². The van der Waals surface area contributed by atoms with Crippen molar-refractivity contribution in [3.8, 4) is 0 Å².